The van der Waals surface area contributed by atoms with Gasteiger partial charge < -0.3 is 14.6 Å². The Hall–Kier alpha value is -3.88. The fourth-order valence-corrected chi connectivity index (χ4v) is 3.39. The van der Waals surface area contributed by atoms with E-state index in [1.165, 1.54) is 21.9 Å². The first-order valence-corrected chi connectivity index (χ1v) is 10.0. The molecule has 1 fully saturated rings. The second kappa shape index (κ2) is 8.86. The molecule has 1 aromatic carbocycles. The van der Waals surface area contributed by atoms with Crippen LogP contribution in [0.5, 0.6) is 0 Å². The Balaban J connectivity index is 1.29. The largest absolute Gasteiger partial charge is 0.463 e. The standard InChI is InChI=1S/C22H23N5O4/c1-16-4-6-17(7-5-16)26-13-12-25(22(26)30)15-20(28)23-10-11-27-21(29)9-8-18(24-27)19-3-2-14-31-19/h2-9,14H,10-13,15H2,1H3,(H,23,28). The minimum Gasteiger partial charge on any atom is -0.463 e. The molecule has 0 unspecified atom stereocenters. The van der Waals surface area contributed by atoms with Crippen LogP contribution in [0.1, 0.15) is 5.56 Å². The van der Waals surface area contributed by atoms with Crippen LogP contribution in [-0.4, -0.2) is 52.8 Å². The van der Waals surface area contributed by atoms with Gasteiger partial charge in [0.1, 0.15) is 12.2 Å². The third kappa shape index (κ3) is 4.66. The van der Waals surface area contributed by atoms with Gasteiger partial charge >= 0.3 is 6.03 Å². The predicted octanol–water partition coefficient (Wildman–Crippen LogP) is 1.87. The lowest BCUT2D eigenvalue weighted by Crippen LogP contribution is -2.41. The Labute approximate surface area is 178 Å². The van der Waals surface area contributed by atoms with Gasteiger partial charge in [-0.1, -0.05) is 17.7 Å². The second-order valence-corrected chi connectivity index (χ2v) is 7.30. The number of furan rings is 1. The normalized spacial score (nSPS) is 13.6. The average Bonchev–Trinajstić information content (AvgIpc) is 3.41. The van der Waals surface area contributed by atoms with Crippen molar-refractivity contribution in [3.63, 3.8) is 0 Å². The number of hydrogen-bond donors (Lipinski definition) is 1. The maximum atomic E-state index is 12.6. The number of urea groups is 1. The molecule has 1 N–H and O–H groups in total. The van der Waals surface area contributed by atoms with Gasteiger partial charge in [0.05, 0.1) is 12.8 Å². The minimum atomic E-state index is -0.283. The van der Waals surface area contributed by atoms with Crippen LogP contribution < -0.4 is 15.8 Å². The molecule has 1 aliphatic rings. The average molecular weight is 421 g/mol. The fourth-order valence-electron chi connectivity index (χ4n) is 3.39. The molecule has 3 amide bonds. The van der Waals surface area contributed by atoms with Crippen molar-refractivity contribution in [1.29, 1.82) is 0 Å². The summed E-state index contributed by atoms with van der Waals surface area (Å²) in [6.45, 7) is 3.40. The molecule has 2 aromatic heterocycles. The van der Waals surface area contributed by atoms with Crippen LogP contribution >= 0.6 is 0 Å². The number of nitrogens with zero attached hydrogens (tertiary/aromatic N) is 4. The number of rotatable bonds is 7. The summed E-state index contributed by atoms with van der Waals surface area (Å²) in [6.07, 6.45) is 1.53. The minimum absolute atomic E-state index is 0.0318. The van der Waals surface area contributed by atoms with Gasteiger partial charge in [0.2, 0.25) is 5.91 Å². The molecule has 1 saturated heterocycles. The number of hydrogen-bond acceptors (Lipinski definition) is 5. The van der Waals surface area contributed by atoms with Crippen LogP contribution in [0, 0.1) is 6.92 Å². The van der Waals surface area contributed by atoms with Crippen molar-refractivity contribution < 1.29 is 14.0 Å². The number of anilines is 1. The van der Waals surface area contributed by atoms with E-state index in [1.807, 2.05) is 31.2 Å². The number of amides is 3. The van der Waals surface area contributed by atoms with Gasteiger partial charge in [0, 0.05) is 31.4 Å². The Kier molecular flexibility index (Phi) is 5.83. The molecule has 4 rings (SSSR count). The molecule has 0 atom stereocenters. The molecule has 0 radical (unpaired) electrons. The topological polar surface area (TPSA) is 101 Å². The summed E-state index contributed by atoms with van der Waals surface area (Å²) in [6, 6.07) is 14.0. The zero-order chi connectivity index (χ0) is 21.8. The summed E-state index contributed by atoms with van der Waals surface area (Å²) in [5.41, 5.74) is 2.21. The van der Waals surface area contributed by atoms with Gasteiger partial charge in [-0.05, 0) is 37.3 Å². The highest BCUT2D eigenvalue weighted by atomic mass is 16.3. The van der Waals surface area contributed by atoms with E-state index in [-0.39, 0.29) is 37.1 Å². The molecule has 0 aliphatic carbocycles. The van der Waals surface area contributed by atoms with Gasteiger partial charge in [-0.3, -0.25) is 14.5 Å². The number of nitrogens with one attached hydrogen (secondary N) is 1. The highest BCUT2D eigenvalue weighted by Crippen LogP contribution is 2.20. The molecule has 9 heteroatoms. The molecule has 31 heavy (non-hydrogen) atoms. The molecule has 0 spiro atoms. The van der Waals surface area contributed by atoms with Crippen molar-refractivity contribution in [3.8, 4) is 11.5 Å². The molecule has 0 bridgehead atoms. The fraction of sp³-hybridized carbons (Fsp3) is 0.273. The van der Waals surface area contributed by atoms with Crippen LogP contribution in [0.4, 0.5) is 10.5 Å². The zero-order valence-electron chi connectivity index (χ0n) is 17.2. The van der Waals surface area contributed by atoms with Crippen LogP contribution in [-0.2, 0) is 11.3 Å². The van der Waals surface area contributed by atoms with Crippen LogP contribution in [0.3, 0.4) is 0 Å². The van der Waals surface area contributed by atoms with E-state index in [0.717, 1.165) is 11.3 Å². The second-order valence-electron chi connectivity index (χ2n) is 7.30. The summed E-state index contributed by atoms with van der Waals surface area (Å²) < 4.78 is 6.57. The van der Waals surface area contributed by atoms with E-state index >= 15 is 0 Å². The van der Waals surface area contributed by atoms with Crippen molar-refractivity contribution in [1.82, 2.24) is 20.0 Å². The molecule has 3 heterocycles. The van der Waals surface area contributed by atoms with Crippen LogP contribution in [0.15, 0.2) is 64.0 Å². The van der Waals surface area contributed by atoms with E-state index < -0.39 is 0 Å². The molecular formula is C22H23N5O4. The predicted molar refractivity (Wildman–Crippen MR) is 115 cm³/mol. The van der Waals surface area contributed by atoms with Crippen molar-refractivity contribution in [2.45, 2.75) is 13.5 Å². The van der Waals surface area contributed by atoms with Gasteiger partial charge in [0.15, 0.2) is 5.76 Å². The lowest BCUT2D eigenvalue weighted by atomic mass is 10.2. The van der Waals surface area contributed by atoms with E-state index in [2.05, 4.69) is 10.4 Å². The van der Waals surface area contributed by atoms with Crippen molar-refractivity contribution in [2.24, 2.45) is 0 Å². The summed E-state index contributed by atoms with van der Waals surface area (Å²) in [7, 11) is 0. The highest BCUT2D eigenvalue weighted by Gasteiger charge is 2.30. The number of benzene rings is 1. The van der Waals surface area contributed by atoms with E-state index in [9.17, 15) is 14.4 Å². The zero-order valence-corrected chi connectivity index (χ0v) is 17.2. The van der Waals surface area contributed by atoms with Gasteiger partial charge in [0.25, 0.3) is 5.56 Å². The third-order valence-electron chi connectivity index (χ3n) is 5.06. The number of aromatic nitrogens is 2. The summed E-state index contributed by atoms with van der Waals surface area (Å²) >= 11 is 0. The Morgan fingerprint density at radius 2 is 1.90 bits per heavy atom. The Morgan fingerprint density at radius 3 is 2.65 bits per heavy atom. The lowest BCUT2D eigenvalue weighted by molar-refractivity contribution is -0.121. The monoisotopic (exact) mass is 421 g/mol. The van der Waals surface area contributed by atoms with Crippen molar-refractivity contribution >= 4 is 17.6 Å². The smallest absolute Gasteiger partial charge is 0.325 e. The first kappa shape index (κ1) is 20.4. The van der Waals surface area contributed by atoms with Crippen LogP contribution in [0.25, 0.3) is 11.5 Å². The quantitative estimate of drug-likeness (QED) is 0.628. The first-order chi connectivity index (χ1) is 15.0. The number of aryl methyl sites for hydroxylation is 1. The highest BCUT2D eigenvalue weighted by molar-refractivity contribution is 5.96. The first-order valence-electron chi connectivity index (χ1n) is 10.0. The summed E-state index contributed by atoms with van der Waals surface area (Å²) in [5.74, 6) is 0.276. The van der Waals surface area contributed by atoms with E-state index in [4.69, 9.17) is 4.42 Å². The molecule has 1 aliphatic heterocycles. The molecule has 9 nitrogen and oxygen atoms in total. The maximum absolute atomic E-state index is 12.6. The van der Waals surface area contributed by atoms with Gasteiger partial charge in [-0.25, -0.2) is 9.48 Å². The van der Waals surface area contributed by atoms with Gasteiger partial charge in [-0.15, -0.1) is 0 Å². The molecular weight excluding hydrogens is 398 g/mol. The molecule has 0 saturated carbocycles. The van der Waals surface area contributed by atoms with Crippen molar-refractivity contribution in [3.05, 3.63) is 70.7 Å². The molecule has 160 valence electrons. The summed E-state index contributed by atoms with van der Waals surface area (Å²) in [5, 5.41) is 7.01. The number of carbonyl (C=O) groups excluding carboxylic acids is 2. The third-order valence-corrected chi connectivity index (χ3v) is 5.06. The Morgan fingerprint density at radius 1 is 1.10 bits per heavy atom. The maximum Gasteiger partial charge on any atom is 0.325 e. The van der Waals surface area contributed by atoms with Crippen molar-refractivity contribution in [2.75, 3.05) is 31.1 Å². The summed E-state index contributed by atoms with van der Waals surface area (Å²) in [4.78, 5) is 40.1. The SMILES string of the molecule is Cc1ccc(N2CCN(CC(=O)NCCn3nc(-c4ccco4)ccc3=O)C2=O)cc1. The molecule has 3 aromatic rings. The number of carbonyl (C=O) groups is 2. The van der Waals surface area contributed by atoms with Crippen LogP contribution in [0.2, 0.25) is 0 Å². The van der Waals surface area contributed by atoms with Gasteiger partial charge in [-0.2, -0.15) is 5.10 Å². The lowest BCUT2D eigenvalue weighted by Gasteiger charge is -2.18. The van der Waals surface area contributed by atoms with E-state index in [0.29, 0.717) is 24.5 Å². The Bertz CT molecular complexity index is 1120. The van der Waals surface area contributed by atoms with E-state index in [1.54, 1.807) is 23.1 Å².